The van der Waals surface area contributed by atoms with Crippen LogP contribution in [0.5, 0.6) is 11.5 Å². The van der Waals surface area contributed by atoms with Gasteiger partial charge in [0.25, 0.3) is 5.91 Å². The van der Waals surface area contributed by atoms with Crippen molar-refractivity contribution in [2.45, 2.75) is 26.2 Å². The van der Waals surface area contributed by atoms with Crippen molar-refractivity contribution < 1.29 is 14.6 Å². The number of nitrogens with one attached hydrogen (secondary N) is 2. The van der Waals surface area contributed by atoms with Gasteiger partial charge in [0.15, 0.2) is 11.7 Å². The van der Waals surface area contributed by atoms with Gasteiger partial charge in [-0.15, -0.1) is 0 Å². The number of phenolic OH excluding ortho intramolecular Hbond substituents is 1. The zero-order valence-electron chi connectivity index (χ0n) is 14.6. The van der Waals surface area contributed by atoms with E-state index in [0.717, 1.165) is 12.0 Å². The summed E-state index contributed by atoms with van der Waals surface area (Å²) in [6.07, 6.45) is 0.980. The van der Waals surface area contributed by atoms with Gasteiger partial charge in [-0.25, -0.2) is 0 Å². The number of phenols is 1. The van der Waals surface area contributed by atoms with Crippen molar-refractivity contribution in [3.8, 4) is 11.5 Å². The second-order valence-electron chi connectivity index (χ2n) is 5.83. The Bertz CT molecular complexity index is 781. The van der Waals surface area contributed by atoms with Gasteiger partial charge in [-0.1, -0.05) is 31.5 Å². The molecule has 0 bridgehead atoms. The van der Waals surface area contributed by atoms with E-state index in [-0.39, 0.29) is 17.5 Å². The van der Waals surface area contributed by atoms with Crippen LogP contribution in [0.2, 0.25) is 5.02 Å². The first-order valence-electron chi connectivity index (χ1n) is 8.21. The second kappa shape index (κ2) is 9.40. The fraction of sp³-hybridized carbons (Fsp3) is 0.263. The molecule has 0 spiro atoms. The summed E-state index contributed by atoms with van der Waals surface area (Å²) in [4.78, 5) is 11.9. The minimum Gasteiger partial charge on any atom is -0.506 e. The Morgan fingerprint density at radius 1 is 1.27 bits per heavy atom. The third-order valence-corrected chi connectivity index (χ3v) is 4.34. The molecule has 0 aliphatic heterocycles. The summed E-state index contributed by atoms with van der Waals surface area (Å²) < 4.78 is 5.36. The van der Waals surface area contributed by atoms with Crippen LogP contribution in [0.3, 0.4) is 0 Å². The number of carbonyl (C=O) groups is 1. The number of halogens is 1. The Hall–Kier alpha value is -2.31. The molecule has 0 fully saturated rings. The molecule has 5 nitrogen and oxygen atoms in total. The van der Waals surface area contributed by atoms with Crippen LogP contribution in [0.15, 0.2) is 42.5 Å². The van der Waals surface area contributed by atoms with Crippen molar-refractivity contribution >= 4 is 40.5 Å². The van der Waals surface area contributed by atoms with Gasteiger partial charge in [0.1, 0.15) is 11.5 Å². The zero-order chi connectivity index (χ0) is 19.1. The number of benzene rings is 2. The van der Waals surface area contributed by atoms with Crippen molar-refractivity contribution in [3.63, 3.8) is 0 Å². The molecule has 2 aromatic rings. The third kappa shape index (κ3) is 5.89. The van der Waals surface area contributed by atoms with Crippen molar-refractivity contribution in [2.24, 2.45) is 0 Å². The molecule has 2 rings (SSSR count). The molecule has 7 heteroatoms. The molecule has 2 aromatic carbocycles. The van der Waals surface area contributed by atoms with Crippen LogP contribution >= 0.6 is 23.8 Å². The summed E-state index contributed by atoms with van der Waals surface area (Å²) in [7, 11) is 0. The molecule has 0 saturated carbocycles. The molecule has 0 unspecified atom stereocenters. The van der Waals surface area contributed by atoms with Gasteiger partial charge < -0.3 is 15.2 Å². The monoisotopic (exact) mass is 392 g/mol. The summed E-state index contributed by atoms with van der Waals surface area (Å²) in [5, 5.41) is 16.0. The molecule has 1 amide bonds. The first-order valence-corrected chi connectivity index (χ1v) is 8.99. The molecule has 0 aromatic heterocycles. The molecule has 0 saturated heterocycles. The van der Waals surface area contributed by atoms with Gasteiger partial charge >= 0.3 is 0 Å². The molecule has 0 heterocycles. The van der Waals surface area contributed by atoms with Crippen LogP contribution in [0, 0.1) is 0 Å². The number of ether oxygens (including phenoxy) is 1. The van der Waals surface area contributed by atoms with E-state index in [9.17, 15) is 9.90 Å². The number of amides is 1. The zero-order valence-corrected chi connectivity index (χ0v) is 16.2. The minimum atomic E-state index is -0.407. The van der Waals surface area contributed by atoms with E-state index >= 15 is 0 Å². The molecule has 0 aliphatic carbocycles. The lowest BCUT2D eigenvalue weighted by molar-refractivity contribution is -0.121. The summed E-state index contributed by atoms with van der Waals surface area (Å²) >= 11 is 10.9. The lowest BCUT2D eigenvalue weighted by Gasteiger charge is -2.15. The Balaban J connectivity index is 1.89. The van der Waals surface area contributed by atoms with E-state index in [4.69, 9.17) is 28.6 Å². The average Bonchev–Trinajstić information content (AvgIpc) is 2.62. The first kappa shape index (κ1) is 20.0. The highest BCUT2D eigenvalue weighted by atomic mass is 35.5. The second-order valence-corrected chi connectivity index (χ2v) is 6.68. The topological polar surface area (TPSA) is 70.6 Å². The largest absolute Gasteiger partial charge is 0.506 e. The van der Waals surface area contributed by atoms with Gasteiger partial charge in [0, 0.05) is 5.02 Å². The number of anilines is 1. The van der Waals surface area contributed by atoms with Crippen LogP contribution in [0.1, 0.15) is 31.7 Å². The molecule has 138 valence electrons. The Morgan fingerprint density at radius 3 is 2.62 bits per heavy atom. The molecule has 1 atom stereocenters. The van der Waals surface area contributed by atoms with Gasteiger partial charge in [-0.05, 0) is 66.5 Å². The Kier molecular flexibility index (Phi) is 7.24. The number of aromatic hydroxyl groups is 1. The van der Waals surface area contributed by atoms with Crippen molar-refractivity contribution in [3.05, 3.63) is 53.1 Å². The van der Waals surface area contributed by atoms with E-state index in [0.29, 0.717) is 22.4 Å². The molecule has 0 radical (unpaired) electrons. The van der Waals surface area contributed by atoms with E-state index in [1.54, 1.807) is 30.3 Å². The van der Waals surface area contributed by atoms with E-state index in [1.165, 1.54) is 0 Å². The van der Waals surface area contributed by atoms with Gasteiger partial charge in [-0.3, -0.25) is 10.1 Å². The van der Waals surface area contributed by atoms with Gasteiger partial charge in [-0.2, -0.15) is 0 Å². The number of carbonyl (C=O) groups excluding carboxylic acids is 1. The molecule has 26 heavy (non-hydrogen) atoms. The maximum absolute atomic E-state index is 11.9. The number of rotatable bonds is 6. The van der Waals surface area contributed by atoms with Gasteiger partial charge in [0.05, 0.1) is 5.69 Å². The quantitative estimate of drug-likeness (QED) is 0.500. The minimum absolute atomic E-state index is 0.0612. The number of thiocarbonyl (C=S) groups is 1. The lowest BCUT2D eigenvalue weighted by Crippen LogP contribution is -2.37. The summed E-state index contributed by atoms with van der Waals surface area (Å²) in [6.45, 7) is 4.00. The standard InChI is InChI=1S/C19H21ClN2O3S/c1-3-12(2)13-4-9-17(23)16(10-13)21-19(26)22-18(24)11-25-15-7-5-14(20)6-8-15/h4-10,12,23H,3,11H2,1-2H3,(H2,21,22,24,26)/t12-/m1/s1. The SMILES string of the molecule is CC[C@@H](C)c1ccc(O)c(NC(=S)NC(=O)COc2ccc(Cl)cc2)c1. The molecular weight excluding hydrogens is 372 g/mol. The summed E-state index contributed by atoms with van der Waals surface area (Å²) in [5.74, 6) is 0.538. The molecular formula is C19H21ClN2O3S. The highest BCUT2D eigenvalue weighted by molar-refractivity contribution is 7.80. The van der Waals surface area contributed by atoms with E-state index in [1.807, 2.05) is 12.1 Å². The highest BCUT2D eigenvalue weighted by Crippen LogP contribution is 2.29. The lowest BCUT2D eigenvalue weighted by atomic mass is 9.98. The third-order valence-electron chi connectivity index (χ3n) is 3.89. The Morgan fingerprint density at radius 2 is 1.96 bits per heavy atom. The fourth-order valence-corrected chi connectivity index (χ4v) is 2.54. The average molecular weight is 393 g/mol. The predicted molar refractivity (Wildman–Crippen MR) is 108 cm³/mol. The maximum atomic E-state index is 11.9. The predicted octanol–water partition coefficient (Wildman–Crippen LogP) is 4.45. The van der Waals surface area contributed by atoms with Crippen LogP contribution in [-0.2, 0) is 4.79 Å². The molecule has 0 aliphatic rings. The van der Waals surface area contributed by atoms with Crippen molar-refractivity contribution in [1.29, 1.82) is 0 Å². The fourth-order valence-electron chi connectivity index (χ4n) is 2.19. The van der Waals surface area contributed by atoms with Crippen LogP contribution in [0.25, 0.3) is 0 Å². The highest BCUT2D eigenvalue weighted by Gasteiger charge is 2.11. The normalized spacial score (nSPS) is 11.5. The molecule has 3 N–H and O–H groups in total. The van der Waals surface area contributed by atoms with Crippen LogP contribution < -0.4 is 15.4 Å². The van der Waals surface area contributed by atoms with Crippen molar-refractivity contribution in [1.82, 2.24) is 5.32 Å². The first-order chi connectivity index (χ1) is 12.4. The number of hydrogen-bond acceptors (Lipinski definition) is 4. The summed E-state index contributed by atoms with van der Waals surface area (Å²) in [6, 6.07) is 12.0. The van der Waals surface area contributed by atoms with Crippen molar-refractivity contribution in [2.75, 3.05) is 11.9 Å². The maximum Gasteiger partial charge on any atom is 0.264 e. The Labute approximate surface area is 163 Å². The summed E-state index contributed by atoms with van der Waals surface area (Å²) in [5.41, 5.74) is 1.53. The number of hydrogen-bond donors (Lipinski definition) is 3. The van der Waals surface area contributed by atoms with Gasteiger partial charge in [0.2, 0.25) is 0 Å². The van der Waals surface area contributed by atoms with E-state index < -0.39 is 5.91 Å². The van der Waals surface area contributed by atoms with Crippen LogP contribution in [0.4, 0.5) is 5.69 Å². The van der Waals surface area contributed by atoms with E-state index in [2.05, 4.69) is 24.5 Å². The smallest absolute Gasteiger partial charge is 0.264 e. The van der Waals surface area contributed by atoms with Crippen LogP contribution in [-0.4, -0.2) is 22.7 Å².